The summed E-state index contributed by atoms with van der Waals surface area (Å²) in [6, 6.07) is 0. The fraction of sp³-hybridized carbons (Fsp3) is 0.500. The van der Waals surface area contributed by atoms with Crippen molar-refractivity contribution in [3.05, 3.63) is 23.7 Å². The van der Waals surface area contributed by atoms with Crippen LogP contribution in [-0.2, 0) is 11.2 Å². The molecule has 0 saturated heterocycles. The van der Waals surface area contributed by atoms with Gasteiger partial charge in [-0.2, -0.15) is 5.10 Å². The van der Waals surface area contributed by atoms with Crippen LogP contribution in [0.4, 0.5) is 0 Å². The summed E-state index contributed by atoms with van der Waals surface area (Å²) in [5.41, 5.74) is 2.17. The SMILES string of the molecule is CCOC(=O)c1cnn2cc3c(nc12)CC1(CC1)CO3. The quantitative estimate of drug-likeness (QED) is 0.778. The molecule has 0 bridgehead atoms. The maximum Gasteiger partial charge on any atom is 0.343 e. The third-order valence-corrected chi connectivity index (χ3v) is 4.06. The van der Waals surface area contributed by atoms with Crippen molar-refractivity contribution in [3.63, 3.8) is 0 Å². The molecule has 3 heterocycles. The van der Waals surface area contributed by atoms with E-state index in [1.165, 1.54) is 19.0 Å². The predicted octanol–water partition coefficient (Wildman–Crippen LogP) is 1.62. The van der Waals surface area contributed by atoms with Crippen LogP contribution in [0.3, 0.4) is 0 Å². The molecule has 1 fully saturated rings. The minimum absolute atomic E-state index is 0.294. The number of ether oxygens (including phenoxy) is 2. The fourth-order valence-corrected chi connectivity index (χ4v) is 2.67. The highest BCUT2D eigenvalue weighted by atomic mass is 16.5. The van der Waals surface area contributed by atoms with Crippen LogP contribution in [0.5, 0.6) is 5.75 Å². The van der Waals surface area contributed by atoms with Gasteiger partial charge in [-0.3, -0.25) is 0 Å². The second kappa shape index (κ2) is 3.94. The van der Waals surface area contributed by atoms with Gasteiger partial charge < -0.3 is 9.47 Å². The van der Waals surface area contributed by atoms with E-state index in [-0.39, 0.29) is 5.97 Å². The van der Waals surface area contributed by atoms with Crippen LogP contribution in [0.2, 0.25) is 0 Å². The van der Waals surface area contributed by atoms with Crippen molar-refractivity contribution < 1.29 is 14.3 Å². The van der Waals surface area contributed by atoms with Crippen LogP contribution in [0.1, 0.15) is 35.8 Å². The highest BCUT2D eigenvalue weighted by molar-refractivity contribution is 5.95. The summed E-state index contributed by atoms with van der Waals surface area (Å²) < 4.78 is 12.4. The standard InChI is InChI=1S/C14H15N3O3/c1-2-19-13(18)9-6-15-17-7-11-10(16-12(9)17)5-14(3-4-14)8-20-11/h6-7H,2-5,8H2,1H3. The van der Waals surface area contributed by atoms with Crippen LogP contribution in [0, 0.1) is 5.41 Å². The number of hydrogen-bond donors (Lipinski definition) is 0. The molecule has 0 amide bonds. The van der Waals surface area contributed by atoms with E-state index in [2.05, 4.69) is 10.1 Å². The molecule has 1 spiro atoms. The average Bonchev–Trinajstić information content (AvgIpc) is 3.06. The Morgan fingerprint density at radius 2 is 2.40 bits per heavy atom. The lowest BCUT2D eigenvalue weighted by Crippen LogP contribution is -2.23. The third kappa shape index (κ3) is 1.67. The molecule has 2 aliphatic rings. The number of hydrogen-bond acceptors (Lipinski definition) is 5. The summed E-state index contributed by atoms with van der Waals surface area (Å²) in [7, 11) is 0. The molecule has 1 aliphatic heterocycles. The molecule has 2 aromatic heterocycles. The van der Waals surface area contributed by atoms with Gasteiger partial charge >= 0.3 is 5.97 Å². The minimum atomic E-state index is -0.382. The van der Waals surface area contributed by atoms with Crippen molar-refractivity contribution in [3.8, 4) is 5.75 Å². The molecule has 0 radical (unpaired) electrons. The molecule has 6 nitrogen and oxygen atoms in total. The first-order valence-electron chi connectivity index (χ1n) is 6.88. The average molecular weight is 273 g/mol. The van der Waals surface area contributed by atoms with Crippen LogP contribution in [-0.4, -0.2) is 33.8 Å². The number of carbonyl (C=O) groups is 1. The maximum absolute atomic E-state index is 11.9. The van der Waals surface area contributed by atoms with Crippen LogP contribution in [0.15, 0.2) is 12.4 Å². The lowest BCUT2D eigenvalue weighted by molar-refractivity contribution is 0.0528. The molecule has 104 valence electrons. The monoisotopic (exact) mass is 273 g/mol. The van der Waals surface area contributed by atoms with Gasteiger partial charge in [0, 0.05) is 11.8 Å². The van der Waals surface area contributed by atoms with Gasteiger partial charge in [-0.15, -0.1) is 0 Å². The number of aromatic nitrogens is 3. The number of rotatable bonds is 2. The highest BCUT2D eigenvalue weighted by Crippen LogP contribution is 2.51. The Morgan fingerprint density at radius 1 is 1.55 bits per heavy atom. The molecular formula is C14H15N3O3. The summed E-state index contributed by atoms with van der Waals surface area (Å²) in [6.45, 7) is 2.89. The smallest absolute Gasteiger partial charge is 0.343 e. The topological polar surface area (TPSA) is 65.7 Å². The number of carbonyl (C=O) groups excluding carboxylic acids is 1. The van der Waals surface area contributed by atoms with Crippen molar-refractivity contribution in [2.24, 2.45) is 5.41 Å². The second-order valence-electron chi connectivity index (χ2n) is 5.56. The van der Waals surface area contributed by atoms with Crippen LogP contribution < -0.4 is 4.74 Å². The summed E-state index contributed by atoms with van der Waals surface area (Å²) in [5.74, 6) is 0.390. The third-order valence-electron chi connectivity index (χ3n) is 4.06. The molecule has 6 heteroatoms. The molecule has 1 aliphatic carbocycles. The summed E-state index contributed by atoms with van der Waals surface area (Å²) in [6.07, 6.45) is 6.62. The van der Waals surface area contributed by atoms with Crippen LogP contribution >= 0.6 is 0 Å². The zero-order chi connectivity index (χ0) is 13.7. The molecule has 0 aromatic carbocycles. The Bertz CT molecular complexity index is 703. The minimum Gasteiger partial charge on any atom is -0.489 e. The molecule has 2 aromatic rings. The normalized spacial score (nSPS) is 18.6. The molecule has 20 heavy (non-hydrogen) atoms. The summed E-state index contributed by atoms with van der Waals surface area (Å²) in [4.78, 5) is 16.5. The lowest BCUT2D eigenvalue weighted by Gasteiger charge is -2.23. The van der Waals surface area contributed by atoms with E-state index >= 15 is 0 Å². The maximum atomic E-state index is 11.9. The summed E-state index contributed by atoms with van der Waals surface area (Å²) in [5, 5.41) is 4.16. The molecule has 0 unspecified atom stereocenters. The van der Waals surface area contributed by atoms with Gasteiger partial charge in [-0.1, -0.05) is 0 Å². The van der Waals surface area contributed by atoms with Gasteiger partial charge in [-0.05, 0) is 19.8 Å². The number of fused-ring (bicyclic) bond motifs is 2. The highest BCUT2D eigenvalue weighted by Gasteiger charge is 2.47. The van der Waals surface area contributed by atoms with E-state index in [1.54, 1.807) is 17.6 Å². The molecule has 4 rings (SSSR count). The van der Waals surface area contributed by atoms with Gasteiger partial charge in [0.05, 0.1) is 31.3 Å². The van der Waals surface area contributed by atoms with E-state index < -0.39 is 0 Å². The lowest BCUT2D eigenvalue weighted by atomic mass is 9.98. The Kier molecular flexibility index (Phi) is 2.31. The second-order valence-corrected chi connectivity index (χ2v) is 5.56. The summed E-state index contributed by atoms with van der Waals surface area (Å²) >= 11 is 0. The van der Waals surface area contributed by atoms with E-state index in [0.29, 0.717) is 23.2 Å². The van der Waals surface area contributed by atoms with Crippen molar-refractivity contribution in [1.82, 2.24) is 14.6 Å². The molecule has 0 N–H and O–H groups in total. The van der Waals surface area contributed by atoms with Gasteiger partial charge in [0.25, 0.3) is 0 Å². The van der Waals surface area contributed by atoms with Gasteiger partial charge in [0.15, 0.2) is 11.4 Å². The first-order chi connectivity index (χ1) is 9.71. The predicted molar refractivity (Wildman–Crippen MR) is 69.8 cm³/mol. The van der Waals surface area contributed by atoms with E-state index in [9.17, 15) is 4.79 Å². The van der Waals surface area contributed by atoms with E-state index in [4.69, 9.17) is 9.47 Å². The first-order valence-corrected chi connectivity index (χ1v) is 6.88. The fourth-order valence-electron chi connectivity index (χ4n) is 2.67. The molecule has 0 atom stereocenters. The molecule has 1 saturated carbocycles. The van der Waals surface area contributed by atoms with Gasteiger partial charge in [0.2, 0.25) is 0 Å². The van der Waals surface area contributed by atoms with Crippen molar-refractivity contribution in [1.29, 1.82) is 0 Å². The van der Waals surface area contributed by atoms with E-state index in [0.717, 1.165) is 24.5 Å². The van der Waals surface area contributed by atoms with E-state index in [1.807, 2.05) is 0 Å². The molecular weight excluding hydrogens is 258 g/mol. The zero-order valence-electron chi connectivity index (χ0n) is 11.3. The Balaban J connectivity index is 1.79. The van der Waals surface area contributed by atoms with Crippen molar-refractivity contribution >= 4 is 11.6 Å². The largest absolute Gasteiger partial charge is 0.489 e. The van der Waals surface area contributed by atoms with Gasteiger partial charge in [-0.25, -0.2) is 14.3 Å². The number of esters is 1. The first kappa shape index (κ1) is 11.7. The van der Waals surface area contributed by atoms with Crippen molar-refractivity contribution in [2.45, 2.75) is 26.2 Å². The Hall–Kier alpha value is -2.11. The van der Waals surface area contributed by atoms with Gasteiger partial charge in [0.1, 0.15) is 5.56 Å². The van der Waals surface area contributed by atoms with Crippen molar-refractivity contribution in [2.75, 3.05) is 13.2 Å². The van der Waals surface area contributed by atoms with Crippen LogP contribution in [0.25, 0.3) is 5.65 Å². The zero-order valence-corrected chi connectivity index (χ0v) is 11.3. The Morgan fingerprint density at radius 3 is 3.15 bits per heavy atom. The Labute approximate surface area is 115 Å². The number of nitrogens with zero attached hydrogens (tertiary/aromatic N) is 3.